The number of ether oxygens (including phenoxy) is 1. The Morgan fingerprint density at radius 2 is 2.05 bits per heavy atom. The highest BCUT2D eigenvalue weighted by Crippen LogP contribution is 2.51. The van der Waals surface area contributed by atoms with E-state index in [2.05, 4.69) is 5.32 Å². The first kappa shape index (κ1) is 14.7. The quantitative estimate of drug-likeness (QED) is 0.743. The Kier molecular flexibility index (Phi) is 3.65. The average molecular weight is 279 g/mol. The summed E-state index contributed by atoms with van der Waals surface area (Å²) in [6.07, 6.45) is 1.14. The zero-order valence-corrected chi connectivity index (χ0v) is 12.1. The number of nitrogens with one attached hydrogen (secondary N) is 1. The first-order valence-corrected chi connectivity index (χ1v) is 6.70. The van der Waals surface area contributed by atoms with Gasteiger partial charge < -0.3 is 14.9 Å². The number of phenolic OH excluding ortho intramolecular Hbond substituents is 1. The molecule has 0 unspecified atom stereocenters. The Bertz CT molecular complexity index is 515. The summed E-state index contributed by atoms with van der Waals surface area (Å²) in [5, 5.41) is 21.8. The van der Waals surface area contributed by atoms with Crippen LogP contribution >= 0.6 is 0 Å². The molecule has 1 saturated carbocycles. The second kappa shape index (κ2) is 4.98. The van der Waals surface area contributed by atoms with Gasteiger partial charge in [-0.15, -0.1) is 0 Å². The molecule has 0 aromatic heterocycles. The maximum absolute atomic E-state index is 11.8. The minimum atomic E-state index is -0.574. The van der Waals surface area contributed by atoms with Crippen molar-refractivity contribution in [2.45, 2.75) is 44.6 Å². The average Bonchev–Trinajstić information content (AvgIpc) is 3.10. The number of carbonyl (C=O) groups excluding carboxylic acids is 1. The zero-order chi connectivity index (χ0) is 15.0. The van der Waals surface area contributed by atoms with Crippen molar-refractivity contribution < 1.29 is 19.7 Å². The minimum Gasteiger partial charge on any atom is -0.508 e. The molecule has 0 bridgehead atoms. The van der Waals surface area contributed by atoms with Gasteiger partial charge in [-0.1, -0.05) is 0 Å². The molecule has 0 aliphatic heterocycles. The van der Waals surface area contributed by atoms with Crippen LogP contribution < -0.4 is 5.32 Å². The summed E-state index contributed by atoms with van der Waals surface area (Å²) in [5.74, 6) is 0.120. The van der Waals surface area contributed by atoms with Gasteiger partial charge in [-0.05, 0) is 57.4 Å². The highest BCUT2D eigenvalue weighted by atomic mass is 16.6. The standard InChI is InChI=1S/C15H21NO4/c1-14(2,3)20-13(19)16-12-5-4-10(18)8-11(12)15(9-17)6-7-15/h4-5,8,17-18H,6-7,9H2,1-3H3,(H,16,19). The molecule has 1 fully saturated rings. The number of aliphatic hydroxyl groups excluding tert-OH is 1. The largest absolute Gasteiger partial charge is 0.508 e. The van der Waals surface area contributed by atoms with Crippen molar-refractivity contribution in [2.24, 2.45) is 0 Å². The van der Waals surface area contributed by atoms with Crippen LogP contribution in [0.15, 0.2) is 18.2 Å². The third-order valence-electron chi connectivity index (χ3n) is 3.37. The summed E-state index contributed by atoms with van der Waals surface area (Å²) in [6.45, 7) is 5.38. The number of hydrogen-bond acceptors (Lipinski definition) is 4. The smallest absolute Gasteiger partial charge is 0.412 e. The number of benzene rings is 1. The van der Waals surface area contributed by atoms with E-state index in [1.165, 1.54) is 6.07 Å². The van der Waals surface area contributed by atoms with Gasteiger partial charge in [0.25, 0.3) is 0 Å². The van der Waals surface area contributed by atoms with E-state index in [9.17, 15) is 15.0 Å². The number of anilines is 1. The van der Waals surface area contributed by atoms with Crippen LogP contribution in [0.4, 0.5) is 10.5 Å². The van der Waals surface area contributed by atoms with Crippen molar-refractivity contribution in [3.05, 3.63) is 23.8 Å². The first-order chi connectivity index (χ1) is 9.26. The lowest BCUT2D eigenvalue weighted by Crippen LogP contribution is -2.28. The molecule has 0 radical (unpaired) electrons. The van der Waals surface area contributed by atoms with Gasteiger partial charge in [0, 0.05) is 11.1 Å². The Morgan fingerprint density at radius 1 is 1.40 bits per heavy atom. The van der Waals surface area contributed by atoms with E-state index in [4.69, 9.17) is 4.74 Å². The molecule has 2 rings (SSSR count). The maximum Gasteiger partial charge on any atom is 0.412 e. The van der Waals surface area contributed by atoms with Gasteiger partial charge in [-0.25, -0.2) is 4.79 Å². The highest BCUT2D eigenvalue weighted by Gasteiger charge is 2.45. The van der Waals surface area contributed by atoms with Crippen LogP contribution in [-0.2, 0) is 10.2 Å². The molecule has 0 atom stereocenters. The summed E-state index contributed by atoms with van der Waals surface area (Å²) in [7, 11) is 0. The van der Waals surface area contributed by atoms with Crippen LogP contribution in [0.1, 0.15) is 39.2 Å². The summed E-state index contributed by atoms with van der Waals surface area (Å²) in [5.41, 5.74) is 0.410. The Balaban J connectivity index is 2.22. The van der Waals surface area contributed by atoms with Crippen LogP contribution in [0.5, 0.6) is 5.75 Å². The normalized spacial score (nSPS) is 16.6. The molecular formula is C15H21NO4. The van der Waals surface area contributed by atoms with E-state index in [-0.39, 0.29) is 17.8 Å². The molecule has 110 valence electrons. The number of aliphatic hydroxyl groups is 1. The number of amides is 1. The lowest BCUT2D eigenvalue weighted by Gasteiger charge is -2.22. The van der Waals surface area contributed by atoms with Gasteiger partial charge in [-0.2, -0.15) is 0 Å². The van der Waals surface area contributed by atoms with Crippen molar-refractivity contribution in [3.8, 4) is 5.75 Å². The van der Waals surface area contributed by atoms with Crippen LogP contribution in [0.3, 0.4) is 0 Å². The second-order valence-corrected chi connectivity index (χ2v) is 6.30. The van der Waals surface area contributed by atoms with Gasteiger partial charge in [0.2, 0.25) is 0 Å². The molecule has 3 N–H and O–H groups in total. The third-order valence-corrected chi connectivity index (χ3v) is 3.37. The first-order valence-electron chi connectivity index (χ1n) is 6.70. The second-order valence-electron chi connectivity index (χ2n) is 6.30. The van der Waals surface area contributed by atoms with E-state index in [0.29, 0.717) is 5.69 Å². The summed E-state index contributed by atoms with van der Waals surface area (Å²) >= 11 is 0. The van der Waals surface area contributed by atoms with Crippen LogP contribution in [0.2, 0.25) is 0 Å². The molecule has 0 saturated heterocycles. The third kappa shape index (κ3) is 3.22. The molecule has 1 amide bonds. The predicted molar refractivity (Wildman–Crippen MR) is 76.0 cm³/mol. The molecule has 1 aliphatic carbocycles. The van der Waals surface area contributed by atoms with Crippen LogP contribution in [-0.4, -0.2) is 28.5 Å². The minimum absolute atomic E-state index is 0.000544. The number of aromatic hydroxyl groups is 1. The highest BCUT2D eigenvalue weighted by molar-refractivity contribution is 5.86. The number of rotatable bonds is 3. The molecule has 1 aliphatic rings. The van der Waals surface area contributed by atoms with Gasteiger partial charge >= 0.3 is 6.09 Å². The van der Waals surface area contributed by atoms with E-state index < -0.39 is 11.7 Å². The van der Waals surface area contributed by atoms with Gasteiger partial charge in [-0.3, -0.25) is 5.32 Å². The van der Waals surface area contributed by atoms with Crippen molar-refractivity contribution >= 4 is 11.8 Å². The fourth-order valence-electron chi connectivity index (χ4n) is 2.16. The lowest BCUT2D eigenvalue weighted by atomic mass is 9.95. The van der Waals surface area contributed by atoms with Crippen LogP contribution in [0, 0.1) is 0 Å². The monoisotopic (exact) mass is 279 g/mol. The van der Waals surface area contributed by atoms with Gasteiger partial charge in [0.05, 0.1) is 6.61 Å². The van der Waals surface area contributed by atoms with Crippen molar-refractivity contribution in [1.82, 2.24) is 0 Å². The van der Waals surface area contributed by atoms with Gasteiger partial charge in [0.15, 0.2) is 0 Å². The topological polar surface area (TPSA) is 78.8 Å². The zero-order valence-electron chi connectivity index (χ0n) is 12.1. The van der Waals surface area contributed by atoms with Gasteiger partial charge in [0.1, 0.15) is 11.4 Å². The molecular weight excluding hydrogens is 258 g/mol. The summed E-state index contributed by atoms with van der Waals surface area (Å²) in [6, 6.07) is 4.73. The Labute approximate surface area is 118 Å². The Morgan fingerprint density at radius 3 is 2.55 bits per heavy atom. The molecule has 1 aromatic carbocycles. The summed E-state index contributed by atoms with van der Waals surface area (Å²) < 4.78 is 5.22. The van der Waals surface area contributed by atoms with Crippen molar-refractivity contribution in [1.29, 1.82) is 0 Å². The summed E-state index contributed by atoms with van der Waals surface area (Å²) in [4.78, 5) is 11.8. The number of hydrogen-bond donors (Lipinski definition) is 3. The SMILES string of the molecule is CC(C)(C)OC(=O)Nc1ccc(O)cc1C1(CO)CC1. The predicted octanol–water partition coefficient (Wildman–Crippen LogP) is 2.76. The molecule has 0 heterocycles. The molecule has 5 nitrogen and oxygen atoms in total. The number of phenols is 1. The van der Waals surface area contributed by atoms with Crippen LogP contribution in [0.25, 0.3) is 0 Å². The van der Waals surface area contributed by atoms with Crippen molar-refractivity contribution in [3.63, 3.8) is 0 Å². The van der Waals surface area contributed by atoms with E-state index in [1.54, 1.807) is 32.9 Å². The lowest BCUT2D eigenvalue weighted by molar-refractivity contribution is 0.0635. The fraction of sp³-hybridized carbons (Fsp3) is 0.533. The van der Waals surface area contributed by atoms with E-state index >= 15 is 0 Å². The number of carbonyl (C=O) groups is 1. The molecule has 20 heavy (non-hydrogen) atoms. The molecule has 5 heteroatoms. The Hall–Kier alpha value is -1.75. The maximum atomic E-state index is 11.8. The van der Waals surface area contributed by atoms with Crippen molar-refractivity contribution in [2.75, 3.05) is 11.9 Å². The molecule has 1 aromatic rings. The van der Waals surface area contributed by atoms with E-state index in [0.717, 1.165) is 18.4 Å². The van der Waals surface area contributed by atoms with E-state index in [1.807, 2.05) is 0 Å². The fourth-order valence-corrected chi connectivity index (χ4v) is 2.16. The molecule has 0 spiro atoms.